The average molecular weight is 307 g/mol. The van der Waals surface area contributed by atoms with Gasteiger partial charge in [-0.2, -0.15) is 5.10 Å². The molecule has 6 heteroatoms. The van der Waals surface area contributed by atoms with Gasteiger partial charge in [-0.05, 0) is 23.8 Å². The van der Waals surface area contributed by atoms with Crippen LogP contribution < -0.4 is 9.47 Å². The van der Waals surface area contributed by atoms with Gasteiger partial charge in [-0.3, -0.25) is 9.48 Å². The molecule has 0 saturated carbocycles. The van der Waals surface area contributed by atoms with E-state index in [0.29, 0.717) is 22.1 Å². The number of rotatable bonds is 5. The summed E-state index contributed by atoms with van der Waals surface area (Å²) in [5.74, 6) is 0.849. The summed E-state index contributed by atoms with van der Waals surface area (Å²) in [6.45, 7) is 0. The smallest absolute Gasteiger partial charge is 0.189 e. The Balaban J connectivity index is 2.25. The molecule has 0 bridgehead atoms. The maximum atomic E-state index is 12.0. The minimum absolute atomic E-state index is 0.131. The van der Waals surface area contributed by atoms with Gasteiger partial charge in [0.05, 0.1) is 31.0 Å². The van der Waals surface area contributed by atoms with E-state index in [1.54, 1.807) is 36.1 Å². The third kappa shape index (κ3) is 3.44. The van der Waals surface area contributed by atoms with Crippen molar-refractivity contribution in [3.05, 3.63) is 46.8 Å². The summed E-state index contributed by atoms with van der Waals surface area (Å²) in [7, 11) is 4.81. The fourth-order valence-corrected chi connectivity index (χ4v) is 2.15. The Kier molecular flexibility index (Phi) is 4.65. The van der Waals surface area contributed by atoms with Gasteiger partial charge in [0, 0.05) is 13.2 Å². The number of allylic oxidation sites excluding steroid dienone is 1. The van der Waals surface area contributed by atoms with Crippen molar-refractivity contribution in [3.63, 3.8) is 0 Å². The molecule has 0 spiro atoms. The zero-order valence-corrected chi connectivity index (χ0v) is 12.7. The van der Waals surface area contributed by atoms with Crippen LogP contribution >= 0.6 is 11.6 Å². The van der Waals surface area contributed by atoms with E-state index in [0.717, 1.165) is 5.56 Å². The highest BCUT2D eigenvalue weighted by Crippen LogP contribution is 2.36. The van der Waals surface area contributed by atoms with Gasteiger partial charge in [0.1, 0.15) is 0 Å². The number of nitrogens with zero attached hydrogens (tertiary/aromatic N) is 2. The molecule has 0 unspecified atom stereocenters. The van der Waals surface area contributed by atoms with Crippen molar-refractivity contribution in [1.82, 2.24) is 9.78 Å². The van der Waals surface area contributed by atoms with Gasteiger partial charge >= 0.3 is 0 Å². The van der Waals surface area contributed by atoms with E-state index in [-0.39, 0.29) is 5.78 Å². The average Bonchev–Trinajstić information content (AvgIpc) is 2.90. The fraction of sp³-hybridized carbons (Fsp3) is 0.200. The van der Waals surface area contributed by atoms with Crippen molar-refractivity contribution in [2.45, 2.75) is 0 Å². The molecule has 21 heavy (non-hydrogen) atoms. The maximum Gasteiger partial charge on any atom is 0.189 e. The Morgan fingerprint density at radius 3 is 2.67 bits per heavy atom. The quantitative estimate of drug-likeness (QED) is 0.629. The number of hydrogen-bond acceptors (Lipinski definition) is 4. The molecule has 1 aromatic carbocycles. The lowest BCUT2D eigenvalue weighted by molar-refractivity contribution is 0.104. The predicted molar refractivity (Wildman–Crippen MR) is 81.1 cm³/mol. The zero-order chi connectivity index (χ0) is 15.4. The first-order valence-electron chi connectivity index (χ1n) is 6.17. The molecule has 5 nitrogen and oxygen atoms in total. The minimum atomic E-state index is -0.131. The van der Waals surface area contributed by atoms with E-state index in [4.69, 9.17) is 21.1 Å². The normalized spacial score (nSPS) is 10.9. The van der Waals surface area contributed by atoms with Crippen molar-refractivity contribution in [2.75, 3.05) is 14.2 Å². The second kappa shape index (κ2) is 6.45. The van der Waals surface area contributed by atoms with Crippen LogP contribution in [0, 0.1) is 0 Å². The number of ketones is 1. The summed E-state index contributed by atoms with van der Waals surface area (Å²) in [4.78, 5) is 12.0. The van der Waals surface area contributed by atoms with Crippen molar-refractivity contribution in [1.29, 1.82) is 0 Å². The predicted octanol–water partition coefficient (Wildman–Crippen LogP) is 2.99. The first kappa shape index (κ1) is 15.1. The summed E-state index contributed by atoms with van der Waals surface area (Å²) in [6, 6.07) is 3.45. The highest BCUT2D eigenvalue weighted by Gasteiger charge is 2.10. The largest absolute Gasteiger partial charge is 0.493 e. The summed E-state index contributed by atoms with van der Waals surface area (Å²) in [6.07, 6.45) is 6.32. The van der Waals surface area contributed by atoms with Crippen molar-refractivity contribution in [3.8, 4) is 11.5 Å². The summed E-state index contributed by atoms with van der Waals surface area (Å²) in [5.41, 5.74) is 1.27. The molecule has 0 radical (unpaired) electrons. The number of benzene rings is 1. The number of carbonyl (C=O) groups is 1. The molecule has 0 amide bonds. The topological polar surface area (TPSA) is 53.3 Å². The van der Waals surface area contributed by atoms with Gasteiger partial charge in [0.25, 0.3) is 0 Å². The third-order valence-electron chi connectivity index (χ3n) is 2.87. The first-order chi connectivity index (χ1) is 10.0. The number of methoxy groups -OCH3 is 2. The fourth-order valence-electron chi connectivity index (χ4n) is 1.85. The van der Waals surface area contributed by atoms with Crippen LogP contribution in [-0.4, -0.2) is 29.8 Å². The maximum absolute atomic E-state index is 12.0. The van der Waals surface area contributed by atoms with E-state index in [2.05, 4.69) is 5.10 Å². The highest BCUT2D eigenvalue weighted by molar-refractivity contribution is 6.32. The van der Waals surface area contributed by atoms with E-state index in [9.17, 15) is 4.79 Å². The molecule has 2 rings (SSSR count). The summed E-state index contributed by atoms with van der Waals surface area (Å²) < 4.78 is 11.9. The van der Waals surface area contributed by atoms with E-state index in [1.807, 2.05) is 0 Å². The zero-order valence-electron chi connectivity index (χ0n) is 12.0. The van der Waals surface area contributed by atoms with Crippen LogP contribution in [0.1, 0.15) is 15.9 Å². The lowest BCUT2D eigenvalue weighted by Gasteiger charge is -2.10. The number of hydrogen-bond donors (Lipinski definition) is 0. The second-order valence-corrected chi connectivity index (χ2v) is 4.75. The molecule has 0 saturated heterocycles. The van der Waals surface area contributed by atoms with Gasteiger partial charge in [-0.15, -0.1) is 0 Å². The molecule has 1 aromatic heterocycles. The van der Waals surface area contributed by atoms with Crippen LogP contribution in [0.3, 0.4) is 0 Å². The molecule has 0 fully saturated rings. The Bertz CT molecular complexity index is 692. The number of aryl methyl sites for hydroxylation is 1. The van der Waals surface area contributed by atoms with Crippen LogP contribution in [-0.2, 0) is 7.05 Å². The third-order valence-corrected chi connectivity index (χ3v) is 3.15. The summed E-state index contributed by atoms with van der Waals surface area (Å²) in [5, 5.41) is 4.38. The highest BCUT2D eigenvalue weighted by atomic mass is 35.5. The van der Waals surface area contributed by atoms with Crippen molar-refractivity contribution >= 4 is 23.5 Å². The molecule has 0 atom stereocenters. The molecule has 2 aromatic rings. The molecule has 1 heterocycles. The second-order valence-electron chi connectivity index (χ2n) is 4.34. The molecule has 110 valence electrons. The van der Waals surface area contributed by atoms with Crippen LogP contribution in [0.5, 0.6) is 11.5 Å². The van der Waals surface area contributed by atoms with E-state index < -0.39 is 0 Å². The van der Waals surface area contributed by atoms with Gasteiger partial charge in [0.2, 0.25) is 0 Å². The SMILES string of the molecule is COc1cc(C=CC(=O)c2cnn(C)c2)cc(Cl)c1OC. The van der Waals surface area contributed by atoms with E-state index in [1.165, 1.54) is 26.5 Å². The Morgan fingerprint density at radius 1 is 1.33 bits per heavy atom. The van der Waals surface area contributed by atoms with E-state index >= 15 is 0 Å². The van der Waals surface area contributed by atoms with Gasteiger partial charge in [-0.25, -0.2) is 0 Å². The number of halogens is 1. The lowest BCUT2D eigenvalue weighted by Crippen LogP contribution is -1.93. The molecule has 0 aliphatic rings. The Labute approximate surface area is 127 Å². The van der Waals surface area contributed by atoms with Crippen LogP contribution in [0.4, 0.5) is 0 Å². The number of carbonyl (C=O) groups excluding carboxylic acids is 1. The van der Waals surface area contributed by atoms with Gasteiger partial charge in [0.15, 0.2) is 17.3 Å². The summed E-state index contributed by atoms with van der Waals surface area (Å²) >= 11 is 6.11. The van der Waals surface area contributed by atoms with Crippen LogP contribution in [0.2, 0.25) is 5.02 Å². The van der Waals surface area contributed by atoms with Gasteiger partial charge < -0.3 is 9.47 Å². The monoisotopic (exact) mass is 306 g/mol. The van der Waals surface area contributed by atoms with Crippen LogP contribution in [0.15, 0.2) is 30.6 Å². The molecule has 0 N–H and O–H groups in total. The molecular weight excluding hydrogens is 292 g/mol. The van der Waals surface area contributed by atoms with Gasteiger partial charge in [-0.1, -0.05) is 17.7 Å². The first-order valence-corrected chi connectivity index (χ1v) is 6.55. The molecular formula is C15H15ClN2O3. The number of ether oxygens (including phenoxy) is 2. The lowest BCUT2D eigenvalue weighted by atomic mass is 10.1. The molecule has 0 aliphatic carbocycles. The Morgan fingerprint density at radius 2 is 2.10 bits per heavy atom. The van der Waals surface area contributed by atoms with Crippen molar-refractivity contribution < 1.29 is 14.3 Å². The molecule has 0 aliphatic heterocycles. The Hall–Kier alpha value is -2.27. The number of aromatic nitrogens is 2. The van der Waals surface area contributed by atoms with Crippen LogP contribution in [0.25, 0.3) is 6.08 Å². The standard InChI is InChI=1S/C15H15ClN2O3/c1-18-9-11(8-17-18)13(19)5-4-10-6-12(16)15(21-3)14(7-10)20-2/h4-9H,1-3H3. The van der Waals surface area contributed by atoms with Crippen molar-refractivity contribution in [2.24, 2.45) is 7.05 Å². The minimum Gasteiger partial charge on any atom is -0.493 e.